The van der Waals surface area contributed by atoms with Crippen LogP contribution in [0.2, 0.25) is 0 Å². The van der Waals surface area contributed by atoms with E-state index in [2.05, 4.69) is 38.2 Å². The number of carbonyl (C=O) groups excluding carboxylic acids is 2. The van der Waals surface area contributed by atoms with Gasteiger partial charge in [-0.3, -0.25) is 9.59 Å². The van der Waals surface area contributed by atoms with Crippen LogP contribution in [0.5, 0.6) is 0 Å². The van der Waals surface area contributed by atoms with Crippen LogP contribution in [-0.4, -0.2) is 46.9 Å². The molecule has 1 amide bonds. The Morgan fingerprint density at radius 1 is 0.509 bits per heavy atom. The van der Waals surface area contributed by atoms with E-state index in [1.54, 1.807) is 0 Å². The minimum Gasteiger partial charge on any atom is -0.462 e. The second-order valence-electron chi connectivity index (χ2n) is 16.9. The molecule has 0 aromatic rings. The van der Waals surface area contributed by atoms with Crippen LogP contribution in [0.1, 0.15) is 265 Å². The first-order valence-electron chi connectivity index (χ1n) is 24.4. The largest absolute Gasteiger partial charge is 0.462 e. The number of amides is 1. The molecule has 0 spiro atoms. The maximum atomic E-state index is 13.1. The summed E-state index contributed by atoms with van der Waals surface area (Å²) in [4.78, 5) is 26.0. The van der Waals surface area contributed by atoms with Crippen molar-refractivity contribution in [2.75, 3.05) is 6.61 Å². The van der Waals surface area contributed by atoms with Crippen molar-refractivity contribution in [3.63, 3.8) is 0 Å². The minimum atomic E-state index is -0.781. The topological polar surface area (TPSA) is 95.9 Å². The zero-order chi connectivity index (χ0) is 40.3. The van der Waals surface area contributed by atoms with E-state index >= 15 is 0 Å². The Morgan fingerprint density at radius 3 is 1.29 bits per heavy atom. The second-order valence-corrected chi connectivity index (χ2v) is 16.9. The van der Waals surface area contributed by atoms with Gasteiger partial charge in [-0.2, -0.15) is 0 Å². The summed E-state index contributed by atoms with van der Waals surface area (Å²) in [5.41, 5.74) is 0. The molecular weight excluding hydrogens is 683 g/mol. The number of hydrogen-bond donors (Lipinski definition) is 3. The molecule has 0 aliphatic heterocycles. The maximum absolute atomic E-state index is 13.1. The molecule has 0 heterocycles. The fourth-order valence-corrected chi connectivity index (χ4v) is 7.60. The van der Waals surface area contributed by atoms with Gasteiger partial charge in [-0.1, -0.05) is 213 Å². The van der Waals surface area contributed by atoms with Gasteiger partial charge in [-0.25, -0.2) is 0 Å². The molecule has 0 saturated carbocycles. The molecule has 3 atom stereocenters. The van der Waals surface area contributed by atoms with Crippen LogP contribution < -0.4 is 5.32 Å². The highest BCUT2D eigenvalue weighted by Crippen LogP contribution is 2.18. The number of carbonyl (C=O) groups is 2. The summed E-state index contributed by atoms with van der Waals surface area (Å²) in [7, 11) is 0. The van der Waals surface area contributed by atoms with E-state index in [4.69, 9.17) is 4.74 Å². The smallest absolute Gasteiger partial charge is 0.306 e. The molecule has 6 nitrogen and oxygen atoms in total. The molecule has 0 aromatic carbocycles. The van der Waals surface area contributed by atoms with E-state index in [9.17, 15) is 19.8 Å². The van der Waals surface area contributed by atoms with Gasteiger partial charge in [-0.15, -0.1) is 0 Å². The molecule has 6 heteroatoms. The zero-order valence-electron chi connectivity index (χ0n) is 37.1. The van der Waals surface area contributed by atoms with E-state index in [-0.39, 0.29) is 24.9 Å². The Morgan fingerprint density at radius 2 is 0.873 bits per heavy atom. The fourth-order valence-electron chi connectivity index (χ4n) is 7.60. The number of rotatable bonds is 44. The summed E-state index contributed by atoms with van der Waals surface area (Å²) in [6.07, 6.45) is 47.0. The molecular formula is C49H95NO5. The van der Waals surface area contributed by atoms with E-state index < -0.39 is 18.2 Å². The van der Waals surface area contributed by atoms with Gasteiger partial charge in [0.2, 0.25) is 5.91 Å². The van der Waals surface area contributed by atoms with Crippen molar-refractivity contribution in [3.8, 4) is 0 Å². The Kier molecular flexibility index (Phi) is 42.6. The van der Waals surface area contributed by atoms with Gasteiger partial charge in [0, 0.05) is 6.42 Å². The van der Waals surface area contributed by atoms with Gasteiger partial charge in [0.1, 0.15) is 6.10 Å². The lowest BCUT2D eigenvalue weighted by Crippen LogP contribution is -2.46. The molecule has 326 valence electrons. The van der Waals surface area contributed by atoms with Crippen molar-refractivity contribution < 1.29 is 24.5 Å². The van der Waals surface area contributed by atoms with E-state index in [1.807, 2.05) is 0 Å². The van der Waals surface area contributed by atoms with Crippen molar-refractivity contribution in [2.45, 2.75) is 283 Å². The number of unbranched alkanes of at least 4 members (excludes halogenated alkanes) is 30. The first kappa shape index (κ1) is 53.6. The quantitative estimate of drug-likeness (QED) is 0.0325. The summed E-state index contributed by atoms with van der Waals surface area (Å²) >= 11 is 0. The minimum absolute atomic E-state index is 0.0807. The lowest BCUT2D eigenvalue weighted by atomic mass is 10.0. The second kappa shape index (κ2) is 43.7. The molecule has 55 heavy (non-hydrogen) atoms. The predicted octanol–water partition coefficient (Wildman–Crippen LogP) is 14.2. The zero-order valence-corrected chi connectivity index (χ0v) is 37.1. The lowest BCUT2D eigenvalue weighted by Gasteiger charge is -2.24. The van der Waals surface area contributed by atoms with Crippen LogP contribution >= 0.6 is 0 Å². The number of nitrogens with one attached hydrogen (secondary N) is 1. The average molecular weight is 778 g/mol. The molecule has 0 radical (unpaired) electrons. The van der Waals surface area contributed by atoms with Gasteiger partial charge in [-0.05, 0) is 51.4 Å². The highest BCUT2D eigenvalue weighted by atomic mass is 16.5. The molecule has 0 saturated heterocycles. The van der Waals surface area contributed by atoms with Crippen molar-refractivity contribution in [1.29, 1.82) is 0 Å². The number of hydrogen-bond acceptors (Lipinski definition) is 5. The van der Waals surface area contributed by atoms with Crippen molar-refractivity contribution in [3.05, 3.63) is 12.2 Å². The SMILES string of the molecule is CCCCCCCC/C=C/CCCCCCCCCC(CC(=O)NC(CO)C(O)CCCCCCCCCCCC)OC(=O)CCCCCCCCCCC. The van der Waals surface area contributed by atoms with Crippen LogP contribution in [-0.2, 0) is 14.3 Å². The van der Waals surface area contributed by atoms with Crippen molar-refractivity contribution in [2.24, 2.45) is 0 Å². The highest BCUT2D eigenvalue weighted by molar-refractivity contribution is 5.77. The number of aliphatic hydroxyl groups excluding tert-OH is 2. The first-order valence-corrected chi connectivity index (χ1v) is 24.4. The normalized spacial score (nSPS) is 13.3. The van der Waals surface area contributed by atoms with Crippen LogP contribution in [0.3, 0.4) is 0 Å². The Bertz CT molecular complexity index is 832. The number of allylic oxidation sites excluding steroid dienone is 2. The third-order valence-electron chi connectivity index (χ3n) is 11.3. The number of esters is 1. The molecule has 0 aliphatic rings. The van der Waals surface area contributed by atoms with Crippen LogP contribution in [0.25, 0.3) is 0 Å². The van der Waals surface area contributed by atoms with Gasteiger partial charge >= 0.3 is 5.97 Å². The number of ether oxygens (including phenoxy) is 1. The monoisotopic (exact) mass is 778 g/mol. The molecule has 0 aromatic heterocycles. The van der Waals surface area contributed by atoms with Gasteiger partial charge in [0.15, 0.2) is 0 Å². The molecule has 3 N–H and O–H groups in total. The van der Waals surface area contributed by atoms with Crippen molar-refractivity contribution in [1.82, 2.24) is 5.32 Å². The molecule has 0 aliphatic carbocycles. The molecule has 3 unspecified atom stereocenters. The summed E-state index contributed by atoms with van der Waals surface area (Å²) in [6, 6.07) is -0.694. The first-order chi connectivity index (χ1) is 27.0. The van der Waals surface area contributed by atoms with Crippen LogP contribution in [0.15, 0.2) is 12.2 Å². The highest BCUT2D eigenvalue weighted by Gasteiger charge is 2.24. The standard InChI is InChI=1S/C49H95NO5/c1-4-7-10-13-16-19-21-22-23-24-25-26-27-29-31-34-37-40-45(55-49(54)42-39-36-33-28-18-15-12-9-6-3)43-48(53)50-46(44-51)47(52)41-38-35-32-30-20-17-14-11-8-5-2/h22-23,45-47,51-52H,4-21,24-44H2,1-3H3,(H,50,53)/b23-22+. The molecule has 0 fully saturated rings. The van der Waals surface area contributed by atoms with Gasteiger partial charge in [0.05, 0.1) is 25.2 Å². The summed E-state index contributed by atoms with van der Waals surface area (Å²) in [5, 5.41) is 23.6. The van der Waals surface area contributed by atoms with Crippen LogP contribution in [0, 0.1) is 0 Å². The Hall–Kier alpha value is -1.40. The lowest BCUT2D eigenvalue weighted by molar-refractivity contribution is -0.151. The third-order valence-corrected chi connectivity index (χ3v) is 11.3. The predicted molar refractivity (Wildman–Crippen MR) is 237 cm³/mol. The van der Waals surface area contributed by atoms with Gasteiger partial charge < -0.3 is 20.3 Å². The third kappa shape index (κ3) is 39.2. The van der Waals surface area contributed by atoms with Gasteiger partial charge in [0.25, 0.3) is 0 Å². The fraction of sp³-hybridized carbons (Fsp3) is 0.918. The summed E-state index contributed by atoms with van der Waals surface area (Å²) in [5.74, 6) is -0.468. The van der Waals surface area contributed by atoms with E-state index in [0.29, 0.717) is 19.3 Å². The summed E-state index contributed by atoms with van der Waals surface area (Å²) in [6.45, 7) is 6.46. The number of aliphatic hydroxyl groups is 2. The average Bonchev–Trinajstić information content (AvgIpc) is 3.18. The van der Waals surface area contributed by atoms with Crippen LogP contribution in [0.4, 0.5) is 0 Å². The molecule has 0 rings (SSSR count). The maximum Gasteiger partial charge on any atom is 0.306 e. The molecule has 0 bridgehead atoms. The Balaban J connectivity index is 4.52. The van der Waals surface area contributed by atoms with E-state index in [1.165, 1.54) is 167 Å². The van der Waals surface area contributed by atoms with E-state index in [0.717, 1.165) is 51.4 Å². The van der Waals surface area contributed by atoms with Crippen molar-refractivity contribution >= 4 is 11.9 Å². The summed E-state index contributed by atoms with van der Waals surface area (Å²) < 4.78 is 5.91. The Labute approximate surface area is 342 Å².